The number of phenolic OH excluding ortho intramolecular Hbond substituents is 1. The lowest BCUT2D eigenvalue weighted by molar-refractivity contribution is -0.149. The maximum atomic E-state index is 16.1. The molecule has 0 bridgehead atoms. The third kappa shape index (κ3) is 35.3. The van der Waals surface area contributed by atoms with Crippen LogP contribution >= 0.6 is 11.8 Å². The van der Waals surface area contributed by atoms with Gasteiger partial charge in [0.1, 0.15) is 96.9 Å². The molecule has 16 amide bonds. The number of benzene rings is 3. The number of aliphatic carboxylic acids is 2. The molecule has 798 valence electrons. The van der Waals surface area contributed by atoms with Crippen molar-refractivity contribution in [2.75, 3.05) is 65.4 Å². The Balaban J connectivity index is 1.19. The number of aliphatic hydroxyl groups excluding tert-OH is 1. The lowest BCUT2D eigenvalue weighted by atomic mass is 9.99. The highest BCUT2D eigenvalue weighted by Gasteiger charge is 2.47. The molecule has 8 rings (SSSR count). The number of para-hydroxylation sites is 2. The van der Waals surface area contributed by atoms with Crippen LogP contribution in [-0.4, -0.2) is 317 Å². The summed E-state index contributed by atoms with van der Waals surface area (Å²) in [6.07, 6.45) is 9.72. The van der Waals surface area contributed by atoms with Crippen LogP contribution in [0.15, 0.2) is 85.2 Å². The van der Waals surface area contributed by atoms with Gasteiger partial charge in [0.25, 0.3) is 0 Å². The number of carbonyl (C=O) groups excluding carboxylic acids is 16. The summed E-state index contributed by atoms with van der Waals surface area (Å²) in [7, 11) is 4.01. The monoisotopic (exact) mass is 2040 g/mol. The summed E-state index contributed by atoms with van der Waals surface area (Å²) >= 11 is 0.903. The summed E-state index contributed by atoms with van der Waals surface area (Å²) in [5.74, 6) is -17.6. The first-order valence-corrected chi connectivity index (χ1v) is 51.9. The molecule has 0 saturated carbocycles. The van der Waals surface area contributed by atoms with Gasteiger partial charge in [-0.1, -0.05) is 167 Å². The van der Waals surface area contributed by atoms with Crippen molar-refractivity contribution in [1.82, 2.24) is 87.2 Å². The molecular formula is C102H152N20O22S. The number of likely N-dealkylation sites (N-methyl/N-ethyl adjacent to an activating group) is 3. The Morgan fingerprint density at radius 1 is 0.510 bits per heavy atom. The molecule has 5 heterocycles. The molecule has 43 heteroatoms. The quantitative estimate of drug-likeness (QED) is 0.0254. The van der Waals surface area contributed by atoms with Crippen molar-refractivity contribution in [2.45, 2.75) is 319 Å². The molecule has 2 aromatic heterocycles. The number of unbranched alkanes of at least 4 members (excludes halogenated alkanes) is 11. The molecule has 0 aliphatic carbocycles. The summed E-state index contributed by atoms with van der Waals surface area (Å²) in [5.41, 5.74) is 20.7. The first-order chi connectivity index (χ1) is 69.1. The maximum absolute atomic E-state index is 16.1. The predicted molar refractivity (Wildman–Crippen MR) is 544 cm³/mol. The summed E-state index contributed by atoms with van der Waals surface area (Å²) in [6, 6.07) is -1.54. The van der Waals surface area contributed by atoms with E-state index in [2.05, 4.69) is 58.2 Å². The van der Waals surface area contributed by atoms with Gasteiger partial charge in [0.05, 0.1) is 18.3 Å². The molecule has 3 fully saturated rings. The minimum Gasteiger partial charge on any atom is -0.508 e. The Hall–Kier alpha value is -12.8. The number of nitrogens with one attached hydrogen (secondary N) is 11. The fraction of sp³-hybridized carbons (Fsp3) is 0.608. The van der Waals surface area contributed by atoms with Crippen molar-refractivity contribution in [2.24, 2.45) is 29.0 Å². The zero-order chi connectivity index (χ0) is 106. The molecule has 3 aliphatic rings. The van der Waals surface area contributed by atoms with E-state index in [4.69, 9.17) is 22.3 Å². The summed E-state index contributed by atoms with van der Waals surface area (Å²) in [6.45, 7) is 10.4. The van der Waals surface area contributed by atoms with E-state index in [9.17, 15) is 63.3 Å². The number of thioether (sulfide) groups is 1. The molecule has 3 saturated heterocycles. The molecule has 0 spiro atoms. The lowest BCUT2D eigenvalue weighted by Crippen LogP contribution is -2.62. The van der Waals surface area contributed by atoms with Crippen molar-refractivity contribution < 1.29 is 107 Å². The van der Waals surface area contributed by atoms with Gasteiger partial charge in [-0.05, 0) is 124 Å². The second-order valence-electron chi connectivity index (χ2n) is 39.1. The number of fused-ring (bicyclic) bond motifs is 4. The van der Waals surface area contributed by atoms with Crippen LogP contribution in [0, 0.1) is 11.8 Å². The van der Waals surface area contributed by atoms with Gasteiger partial charge in [-0.15, -0.1) is 11.8 Å². The number of hydrogen-bond donors (Lipinski definition) is 18. The van der Waals surface area contributed by atoms with Gasteiger partial charge < -0.3 is 125 Å². The van der Waals surface area contributed by atoms with E-state index in [1.807, 2.05) is 13.8 Å². The van der Waals surface area contributed by atoms with Crippen molar-refractivity contribution >= 4 is 140 Å². The third-order valence-electron chi connectivity index (χ3n) is 26.8. The highest BCUT2D eigenvalue weighted by molar-refractivity contribution is 8.00. The zero-order valence-corrected chi connectivity index (χ0v) is 85.9. The van der Waals surface area contributed by atoms with Gasteiger partial charge in [0.2, 0.25) is 94.5 Å². The number of carboxylic acids is 2. The number of amides is 16. The maximum Gasteiger partial charge on any atom is 0.323 e. The Kier molecular flexibility index (Phi) is 47.3. The molecular weight excluding hydrogens is 1890 g/mol. The SMILES string of the molecule is CCCC[C@H]1C(=O)N(C)[C@@H](CCCC)C(=O)N[C@@H](CC(C)C)C(=O)N[C@H](C(=O)NCCCCCCCCCCCCC(=O)O)CSCC(=O)N[C@@H](Cc2ccc(O)cc2)C(=O)N(C)[C@@H](C)C(=O)N[C@@H](CC(N)=O)C(=O)N2CCC[C@H]2C(=O)N[C@@H](CN)C(=O)N[C@@H](CC(C)C)C(=O)N2C[C@H](O)CC2C(=O)N[C@@H](Cc2c[nH]c3ccccc23)C(=O)N[C@@H](CCN)C(=O)N[C@@H](Cc2cn(CC(=O)O)c3ccccc23)C(=O)N1C. The molecule has 1 unspecified atom stereocenters. The number of rotatable bonds is 37. The van der Waals surface area contributed by atoms with E-state index in [1.54, 1.807) is 82.4 Å². The number of hydrogen-bond acceptors (Lipinski definition) is 23. The number of carboxylic acid groups (broad SMARTS) is 2. The van der Waals surface area contributed by atoms with E-state index < -0.39 is 229 Å². The van der Waals surface area contributed by atoms with Gasteiger partial charge in [-0.25, -0.2) is 0 Å². The topological polar surface area (TPSA) is 623 Å². The number of aromatic nitrogens is 2. The van der Waals surface area contributed by atoms with Crippen LogP contribution in [0.5, 0.6) is 5.75 Å². The first-order valence-electron chi connectivity index (χ1n) is 50.8. The number of aliphatic hydroxyl groups is 1. The Morgan fingerprint density at radius 2 is 1.04 bits per heavy atom. The summed E-state index contributed by atoms with van der Waals surface area (Å²) < 4.78 is 1.46. The fourth-order valence-electron chi connectivity index (χ4n) is 18.7. The lowest BCUT2D eigenvalue weighted by Gasteiger charge is -2.36. The van der Waals surface area contributed by atoms with Crippen molar-refractivity contribution in [3.05, 3.63) is 102 Å². The zero-order valence-electron chi connectivity index (χ0n) is 85.1. The largest absolute Gasteiger partial charge is 0.508 e. The molecule has 3 aliphatic heterocycles. The highest BCUT2D eigenvalue weighted by atomic mass is 32.2. The predicted octanol–water partition coefficient (Wildman–Crippen LogP) is 2.65. The van der Waals surface area contributed by atoms with E-state index in [-0.39, 0.29) is 120 Å². The van der Waals surface area contributed by atoms with Crippen molar-refractivity contribution in [3.63, 3.8) is 0 Å². The minimum absolute atomic E-state index is 0.00200. The van der Waals surface area contributed by atoms with Crippen LogP contribution in [-0.2, 0) is 112 Å². The summed E-state index contributed by atoms with van der Waals surface area (Å²) in [4.78, 5) is 272. The summed E-state index contributed by atoms with van der Waals surface area (Å²) in [5, 5.41) is 69.7. The fourth-order valence-corrected chi connectivity index (χ4v) is 19.5. The van der Waals surface area contributed by atoms with Crippen molar-refractivity contribution in [3.8, 4) is 5.75 Å². The third-order valence-corrected chi connectivity index (χ3v) is 27.8. The van der Waals surface area contributed by atoms with Gasteiger partial charge in [-0.2, -0.15) is 0 Å². The van der Waals surface area contributed by atoms with E-state index in [1.165, 1.54) is 68.0 Å². The number of phenols is 1. The molecule has 15 atom stereocenters. The minimum atomic E-state index is -1.76. The number of primary amides is 1. The van der Waals surface area contributed by atoms with Crippen LogP contribution in [0.4, 0.5) is 0 Å². The van der Waals surface area contributed by atoms with E-state index in [0.717, 1.165) is 82.7 Å². The second-order valence-corrected chi connectivity index (χ2v) is 40.1. The van der Waals surface area contributed by atoms with Crippen LogP contribution in [0.25, 0.3) is 21.8 Å². The molecule has 5 aromatic rings. The number of nitrogens with two attached hydrogens (primary N) is 3. The Labute approximate surface area is 850 Å². The molecule has 0 radical (unpaired) electrons. The standard InChI is InChI=1S/C102H152N20O22S/c1-11-13-33-81-95(137)110-72(46-60(3)4)92(134)116-79(90(132)106-44-28-22-20-18-16-15-17-19-21-23-37-87(127)128)58-145-59-86(126)108-75(48-63-38-40-66(123)41-39-63)98(140)117(8)62(7)89(131)112-77(52-85(105)125)100(142)121-45-29-36-82(121)96(138)115-78(53-104)94(136)113-74(47-61(5)6)101(143)122-56-67(124)51-84(122)97(139)111-73(49-64-54-107-70-32-26-24-30-68(64)70)93(135)109-71(42-43-103)91(133)114-76(99(141)119(10)83(34-14-12-2)102(144)118(81)9)50-65-55-120(57-88(129)130)80-35-27-25-31-69(65)80/h24-27,30-32,35,38-41,54-55,60-62,67,71-79,81-84,107,123-124H,11-23,28-29,33-34,36-37,42-53,56-59,103-104H2,1-10H3,(H2,105,125)(H,106,132)(H,108,126)(H,109,135)(H,110,137)(H,111,139)(H,112,131)(H,113,136)(H,114,133)(H,115,138)(H,116,134)(H,127,128)(H,129,130)/t62-,67+,71-,72-,73-,74-,75-,76-,77-,78-,79-,81-,82-,83-,84?/m0/s1. The Bertz CT molecular complexity index is 5270. The van der Waals surface area contributed by atoms with Gasteiger partial charge >= 0.3 is 11.9 Å². The number of H-pyrrole nitrogens is 1. The number of aromatic hydroxyl groups is 1. The van der Waals surface area contributed by atoms with Crippen LogP contribution in [0.2, 0.25) is 0 Å². The van der Waals surface area contributed by atoms with E-state index in [0.29, 0.717) is 77.0 Å². The average molecular weight is 2040 g/mol. The average Bonchev–Trinajstić information content (AvgIpc) is 1.69. The smallest absolute Gasteiger partial charge is 0.323 e. The van der Waals surface area contributed by atoms with E-state index >= 15 is 38.4 Å². The second kappa shape index (κ2) is 58.4. The number of aromatic amines is 1. The molecule has 21 N–H and O–H groups in total. The molecule has 145 heavy (non-hydrogen) atoms. The molecule has 42 nitrogen and oxygen atoms in total. The number of carbonyl (C=O) groups is 18. The Morgan fingerprint density at radius 3 is 1.68 bits per heavy atom. The first kappa shape index (κ1) is 117. The van der Waals surface area contributed by atoms with Crippen LogP contribution < -0.4 is 70.4 Å². The van der Waals surface area contributed by atoms with Gasteiger partial charge in [-0.3, -0.25) is 86.3 Å². The van der Waals surface area contributed by atoms with Crippen LogP contribution in [0.1, 0.15) is 219 Å². The van der Waals surface area contributed by atoms with Crippen molar-refractivity contribution in [1.29, 1.82) is 0 Å². The molecule has 3 aromatic carbocycles. The van der Waals surface area contributed by atoms with Gasteiger partial charge in [0, 0.05) is 119 Å². The highest BCUT2D eigenvalue weighted by Crippen LogP contribution is 2.30. The number of nitrogens with zero attached hydrogens (tertiary/aromatic N) is 6. The van der Waals surface area contributed by atoms with Crippen LogP contribution in [0.3, 0.4) is 0 Å². The van der Waals surface area contributed by atoms with Gasteiger partial charge in [0.15, 0.2) is 0 Å². The normalized spacial score (nSPS) is 24.0.